The van der Waals surface area contributed by atoms with Gasteiger partial charge >= 0.3 is 0 Å². The molecule has 50 valence electrons. The molecule has 1 atom stereocenters. The molecule has 0 aromatic rings. The average Bonchev–Trinajstić information content (AvgIpc) is 1.89. The number of nitrogens with one attached hydrogen (secondary N) is 1. The van der Waals surface area contributed by atoms with Crippen molar-refractivity contribution in [2.75, 3.05) is 0 Å². The third-order valence-electron chi connectivity index (χ3n) is 1.33. The molecule has 0 aliphatic rings. The highest BCUT2D eigenvalue weighted by atomic mass is 16.1. The maximum absolute atomic E-state index is 9.88. The Morgan fingerprint density at radius 2 is 2.44 bits per heavy atom. The number of rotatable bonds is 3. The van der Waals surface area contributed by atoms with E-state index in [1.165, 1.54) is 0 Å². The molecule has 0 aromatic heterocycles. The molecule has 0 aliphatic carbocycles. The van der Waals surface area contributed by atoms with Crippen molar-refractivity contribution in [1.29, 1.82) is 5.26 Å². The molecule has 9 heavy (non-hydrogen) atoms. The smallest absolute Gasteiger partial charge is 0.208 e. The largest absolute Gasteiger partial charge is 0.341 e. The van der Waals surface area contributed by atoms with Gasteiger partial charge < -0.3 is 5.32 Å². The van der Waals surface area contributed by atoms with Crippen molar-refractivity contribution < 1.29 is 4.79 Å². The molecule has 1 unspecified atom stereocenters. The van der Waals surface area contributed by atoms with Crippen LogP contribution in [-0.2, 0) is 4.79 Å². The number of carbonyl (C=O) groups is 1. The Balaban J connectivity index is 3.96. The van der Waals surface area contributed by atoms with Crippen LogP contribution >= 0.6 is 0 Å². The lowest BCUT2D eigenvalue weighted by Crippen LogP contribution is -2.38. The van der Waals surface area contributed by atoms with Gasteiger partial charge in [0.1, 0.15) is 5.54 Å². The number of hydrogen-bond acceptors (Lipinski definition) is 2. The van der Waals surface area contributed by atoms with Gasteiger partial charge in [-0.15, -0.1) is 0 Å². The van der Waals surface area contributed by atoms with E-state index in [9.17, 15) is 4.79 Å². The van der Waals surface area contributed by atoms with Crippen LogP contribution in [0.5, 0.6) is 0 Å². The van der Waals surface area contributed by atoms with Crippen molar-refractivity contribution >= 4 is 6.41 Å². The summed E-state index contributed by atoms with van der Waals surface area (Å²) in [5.41, 5.74) is -0.679. The summed E-state index contributed by atoms with van der Waals surface area (Å²) in [6.07, 6.45) is 1.18. The molecule has 0 fully saturated rings. The van der Waals surface area contributed by atoms with Crippen LogP contribution in [0.25, 0.3) is 0 Å². The molecule has 0 saturated heterocycles. The van der Waals surface area contributed by atoms with Crippen LogP contribution in [0.3, 0.4) is 0 Å². The maximum atomic E-state index is 9.88. The van der Waals surface area contributed by atoms with Crippen LogP contribution in [0.15, 0.2) is 0 Å². The van der Waals surface area contributed by atoms with Gasteiger partial charge in [0.2, 0.25) is 6.41 Å². The predicted molar refractivity (Wildman–Crippen MR) is 33.5 cm³/mol. The fraction of sp³-hybridized carbons (Fsp3) is 0.667. The van der Waals surface area contributed by atoms with Crippen LogP contribution in [0.2, 0.25) is 0 Å². The fourth-order valence-corrected chi connectivity index (χ4v) is 0.343. The fourth-order valence-electron chi connectivity index (χ4n) is 0.343. The number of nitrogens with zero attached hydrogens (tertiary/aromatic N) is 1. The van der Waals surface area contributed by atoms with Gasteiger partial charge in [0.25, 0.3) is 0 Å². The summed E-state index contributed by atoms with van der Waals surface area (Å²) in [6, 6.07) is 1.99. The van der Waals surface area contributed by atoms with Crippen LogP contribution in [0, 0.1) is 11.3 Å². The molecule has 0 rings (SSSR count). The van der Waals surface area contributed by atoms with Gasteiger partial charge in [-0.25, -0.2) is 0 Å². The predicted octanol–water partition coefficient (Wildman–Crippen LogP) is 0.425. The van der Waals surface area contributed by atoms with Crippen molar-refractivity contribution in [3.63, 3.8) is 0 Å². The molecule has 0 spiro atoms. The normalized spacial score (nSPS) is 15.2. The third kappa shape index (κ3) is 2.13. The van der Waals surface area contributed by atoms with E-state index in [4.69, 9.17) is 5.26 Å². The van der Waals surface area contributed by atoms with Crippen molar-refractivity contribution in [2.24, 2.45) is 0 Å². The van der Waals surface area contributed by atoms with Crippen LogP contribution in [0.1, 0.15) is 20.3 Å². The Morgan fingerprint density at radius 1 is 1.89 bits per heavy atom. The summed E-state index contributed by atoms with van der Waals surface area (Å²) in [6.45, 7) is 3.53. The topological polar surface area (TPSA) is 52.9 Å². The molecular weight excluding hydrogens is 116 g/mol. The van der Waals surface area contributed by atoms with E-state index in [0.717, 1.165) is 0 Å². The lowest BCUT2D eigenvalue weighted by atomic mass is 10.0. The van der Waals surface area contributed by atoms with Crippen molar-refractivity contribution in [3.05, 3.63) is 0 Å². The standard InChI is InChI=1S/C6H10N2O/c1-3-6(2,4-7)8-5-9/h5H,3H2,1-2H3,(H,8,9). The van der Waals surface area contributed by atoms with E-state index in [1.807, 2.05) is 13.0 Å². The zero-order valence-corrected chi connectivity index (χ0v) is 5.64. The lowest BCUT2D eigenvalue weighted by molar-refractivity contribution is -0.110. The maximum Gasteiger partial charge on any atom is 0.208 e. The van der Waals surface area contributed by atoms with Crippen molar-refractivity contribution in [3.8, 4) is 6.07 Å². The Kier molecular flexibility index (Phi) is 2.72. The van der Waals surface area contributed by atoms with Gasteiger partial charge in [0, 0.05) is 0 Å². The zero-order valence-electron chi connectivity index (χ0n) is 5.64. The van der Waals surface area contributed by atoms with Crippen molar-refractivity contribution in [1.82, 2.24) is 5.32 Å². The molecule has 0 aromatic carbocycles. The highest BCUT2D eigenvalue weighted by Crippen LogP contribution is 2.04. The number of hydrogen-bond donors (Lipinski definition) is 1. The molecule has 0 saturated carbocycles. The van der Waals surface area contributed by atoms with Gasteiger partial charge in [-0.1, -0.05) is 6.92 Å². The summed E-state index contributed by atoms with van der Waals surface area (Å²) in [5, 5.41) is 10.9. The Hall–Kier alpha value is -1.04. The van der Waals surface area contributed by atoms with E-state index in [0.29, 0.717) is 12.8 Å². The van der Waals surface area contributed by atoms with Crippen molar-refractivity contribution in [2.45, 2.75) is 25.8 Å². The molecule has 1 amide bonds. The minimum Gasteiger partial charge on any atom is -0.341 e. The highest BCUT2D eigenvalue weighted by Gasteiger charge is 2.18. The van der Waals surface area contributed by atoms with Crippen LogP contribution in [0.4, 0.5) is 0 Å². The second-order valence-corrected chi connectivity index (χ2v) is 2.06. The molecule has 3 heteroatoms. The molecule has 0 radical (unpaired) electrons. The first-order valence-corrected chi connectivity index (χ1v) is 2.81. The zero-order chi connectivity index (χ0) is 7.33. The number of nitriles is 1. The molecule has 1 N–H and O–H groups in total. The number of amides is 1. The monoisotopic (exact) mass is 126 g/mol. The summed E-state index contributed by atoms with van der Waals surface area (Å²) in [4.78, 5) is 9.88. The van der Waals surface area contributed by atoms with Gasteiger partial charge in [-0.05, 0) is 13.3 Å². The molecule has 0 heterocycles. The van der Waals surface area contributed by atoms with E-state index in [-0.39, 0.29) is 0 Å². The third-order valence-corrected chi connectivity index (χ3v) is 1.33. The molecular formula is C6H10N2O. The second-order valence-electron chi connectivity index (χ2n) is 2.06. The SMILES string of the molecule is CCC(C)(C#N)NC=O. The number of carbonyl (C=O) groups excluding carboxylic acids is 1. The Morgan fingerprint density at radius 3 is 2.56 bits per heavy atom. The molecule has 0 bridgehead atoms. The highest BCUT2D eigenvalue weighted by molar-refractivity contribution is 5.49. The first kappa shape index (κ1) is 7.96. The van der Waals surface area contributed by atoms with E-state index in [1.54, 1.807) is 6.92 Å². The molecule has 0 aliphatic heterocycles. The minimum atomic E-state index is -0.679. The van der Waals surface area contributed by atoms with Gasteiger partial charge in [-0.2, -0.15) is 5.26 Å². The summed E-state index contributed by atoms with van der Waals surface area (Å²) >= 11 is 0. The quantitative estimate of drug-likeness (QED) is 0.557. The summed E-state index contributed by atoms with van der Waals surface area (Å²) in [5.74, 6) is 0. The summed E-state index contributed by atoms with van der Waals surface area (Å²) < 4.78 is 0. The second kappa shape index (κ2) is 3.08. The average molecular weight is 126 g/mol. The Bertz CT molecular complexity index is 138. The molecule has 3 nitrogen and oxygen atoms in total. The summed E-state index contributed by atoms with van der Waals surface area (Å²) in [7, 11) is 0. The van der Waals surface area contributed by atoms with Gasteiger partial charge in [0.15, 0.2) is 0 Å². The van der Waals surface area contributed by atoms with Gasteiger partial charge in [0.05, 0.1) is 6.07 Å². The van der Waals surface area contributed by atoms with Crippen LogP contribution < -0.4 is 5.32 Å². The Labute approximate surface area is 54.7 Å². The first-order valence-electron chi connectivity index (χ1n) is 2.81. The first-order chi connectivity index (χ1) is 4.18. The van der Waals surface area contributed by atoms with E-state index >= 15 is 0 Å². The minimum absolute atomic E-state index is 0.548. The lowest BCUT2D eigenvalue weighted by Gasteiger charge is -2.16. The van der Waals surface area contributed by atoms with E-state index < -0.39 is 5.54 Å². The van der Waals surface area contributed by atoms with Gasteiger partial charge in [-0.3, -0.25) is 4.79 Å². The van der Waals surface area contributed by atoms with E-state index in [2.05, 4.69) is 5.32 Å². The van der Waals surface area contributed by atoms with Crippen LogP contribution in [-0.4, -0.2) is 11.9 Å².